The molecule has 0 saturated heterocycles. The van der Waals surface area contributed by atoms with E-state index >= 15 is 0 Å². The van der Waals surface area contributed by atoms with E-state index in [0.29, 0.717) is 31.4 Å². The zero-order valence-corrected chi connectivity index (χ0v) is 12.5. The number of benzene rings is 1. The SMILES string of the molecule is [N-]=[N+]=NC1CCCC1NC(=O)c1cc(C(F)(F)F)cc(C(F)(F)F)c1. The van der Waals surface area contributed by atoms with E-state index in [1.165, 1.54) is 0 Å². The van der Waals surface area contributed by atoms with Crippen LogP contribution in [0.3, 0.4) is 0 Å². The van der Waals surface area contributed by atoms with Crippen LogP contribution in [0, 0.1) is 0 Å². The van der Waals surface area contributed by atoms with Gasteiger partial charge in [-0.2, -0.15) is 26.3 Å². The number of hydrogen-bond acceptors (Lipinski definition) is 2. The molecule has 25 heavy (non-hydrogen) atoms. The Kier molecular flexibility index (Phi) is 5.17. The topological polar surface area (TPSA) is 77.9 Å². The highest BCUT2D eigenvalue weighted by molar-refractivity contribution is 5.95. The maximum atomic E-state index is 12.8. The largest absolute Gasteiger partial charge is 0.416 e. The highest BCUT2D eigenvalue weighted by Crippen LogP contribution is 2.36. The quantitative estimate of drug-likeness (QED) is 0.358. The number of hydrogen-bond donors (Lipinski definition) is 1. The van der Waals surface area contributed by atoms with E-state index in [1.54, 1.807) is 0 Å². The Labute approximate surface area is 137 Å². The Morgan fingerprint density at radius 2 is 1.64 bits per heavy atom. The second-order valence-electron chi connectivity index (χ2n) is 5.58. The molecular weight excluding hydrogens is 354 g/mol. The van der Waals surface area contributed by atoms with E-state index in [2.05, 4.69) is 15.3 Å². The minimum Gasteiger partial charge on any atom is -0.349 e. The van der Waals surface area contributed by atoms with E-state index in [1.807, 2.05) is 0 Å². The summed E-state index contributed by atoms with van der Waals surface area (Å²) in [4.78, 5) is 14.7. The summed E-state index contributed by atoms with van der Waals surface area (Å²) in [5, 5.41) is 5.82. The zero-order valence-electron chi connectivity index (χ0n) is 12.5. The molecule has 2 unspecified atom stereocenters. The van der Waals surface area contributed by atoms with Gasteiger partial charge in [-0.3, -0.25) is 4.79 Å². The third-order valence-corrected chi connectivity index (χ3v) is 3.85. The molecule has 1 saturated carbocycles. The molecule has 0 radical (unpaired) electrons. The lowest BCUT2D eigenvalue weighted by Crippen LogP contribution is -2.39. The van der Waals surface area contributed by atoms with E-state index in [4.69, 9.17) is 5.53 Å². The van der Waals surface area contributed by atoms with E-state index < -0.39 is 47.0 Å². The van der Waals surface area contributed by atoms with Crippen LogP contribution >= 0.6 is 0 Å². The number of carbonyl (C=O) groups excluding carboxylic acids is 1. The van der Waals surface area contributed by atoms with Gasteiger partial charge in [-0.1, -0.05) is 11.5 Å². The van der Waals surface area contributed by atoms with Crippen LogP contribution in [0.4, 0.5) is 26.3 Å². The Hall–Kier alpha value is -2.42. The number of alkyl halides is 6. The monoisotopic (exact) mass is 366 g/mol. The molecule has 1 aliphatic rings. The third kappa shape index (κ3) is 4.56. The van der Waals surface area contributed by atoms with Crippen molar-refractivity contribution in [2.75, 3.05) is 0 Å². The predicted molar refractivity (Wildman–Crippen MR) is 74.5 cm³/mol. The molecule has 1 amide bonds. The van der Waals surface area contributed by atoms with Crippen LogP contribution in [0.1, 0.15) is 40.7 Å². The summed E-state index contributed by atoms with van der Waals surface area (Å²) in [7, 11) is 0. The van der Waals surface area contributed by atoms with Crippen molar-refractivity contribution in [2.24, 2.45) is 5.11 Å². The zero-order chi connectivity index (χ0) is 18.8. The Morgan fingerprint density at radius 1 is 1.08 bits per heavy atom. The van der Waals surface area contributed by atoms with Crippen LogP contribution in [0.5, 0.6) is 0 Å². The minimum absolute atomic E-state index is 0.0465. The van der Waals surface area contributed by atoms with Crippen molar-refractivity contribution >= 4 is 5.91 Å². The van der Waals surface area contributed by atoms with Gasteiger partial charge in [-0.15, -0.1) is 0 Å². The lowest BCUT2D eigenvalue weighted by atomic mass is 10.0. The van der Waals surface area contributed by atoms with Gasteiger partial charge in [0.15, 0.2) is 0 Å². The third-order valence-electron chi connectivity index (χ3n) is 3.85. The molecule has 0 aromatic heterocycles. The average molecular weight is 366 g/mol. The number of azide groups is 1. The molecule has 1 aromatic carbocycles. The summed E-state index contributed by atoms with van der Waals surface area (Å²) in [5.41, 5.74) is 4.56. The van der Waals surface area contributed by atoms with Crippen molar-refractivity contribution in [3.8, 4) is 0 Å². The van der Waals surface area contributed by atoms with Gasteiger partial charge < -0.3 is 5.32 Å². The molecule has 1 N–H and O–H groups in total. The Morgan fingerprint density at radius 3 is 2.12 bits per heavy atom. The molecule has 11 heteroatoms. The first-order valence-corrected chi connectivity index (χ1v) is 7.17. The van der Waals surface area contributed by atoms with Crippen molar-refractivity contribution in [1.29, 1.82) is 0 Å². The van der Waals surface area contributed by atoms with Crippen molar-refractivity contribution < 1.29 is 31.1 Å². The molecule has 1 aromatic rings. The Bertz CT molecular complexity index is 676. The second kappa shape index (κ2) is 6.83. The lowest BCUT2D eigenvalue weighted by molar-refractivity contribution is -0.143. The van der Waals surface area contributed by atoms with Gasteiger partial charge >= 0.3 is 12.4 Å². The lowest BCUT2D eigenvalue weighted by Gasteiger charge is -2.18. The molecule has 2 atom stereocenters. The molecular formula is C14H12F6N4O. The maximum Gasteiger partial charge on any atom is 0.416 e. The number of halogens is 6. The second-order valence-corrected chi connectivity index (χ2v) is 5.58. The molecule has 0 heterocycles. The minimum atomic E-state index is -5.03. The molecule has 1 fully saturated rings. The highest BCUT2D eigenvalue weighted by Gasteiger charge is 2.38. The fourth-order valence-electron chi connectivity index (χ4n) is 2.65. The summed E-state index contributed by atoms with van der Waals surface area (Å²) in [6, 6.07) is -0.534. The average Bonchev–Trinajstić information content (AvgIpc) is 2.92. The first kappa shape index (κ1) is 18.9. The van der Waals surface area contributed by atoms with Gasteiger partial charge in [0.1, 0.15) is 0 Å². The number of carbonyl (C=O) groups is 1. The predicted octanol–water partition coefficient (Wildman–Crippen LogP) is 4.69. The van der Waals surface area contributed by atoms with Gasteiger partial charge in [0, 0.05) is 16.5 Å². The molecule has 0 spiro atoms. The number of rotatable bonds is 3. The van der Waals surface area contributed by atoms with E-state index in [-0.39, 0.29) is 6.07 Å². The van der Waals surface area contributed by atoms with Crippen molar-refractivity contribution in [2.45, 2.75) is 43.7 Å². The van der Waals surface area contributed by atoms with Crippen molar-refractivity contribution in [3.05, 3.63) is 45.3 Å². The summed E-state index contributed by atoms with van der Waals surface area (Å²) >= 11 is 0. The summed E-state index contributed by atoms with van der Waals surface area (Å²) in [6.07, 6.45) is -8.55. The van der Waals surface area contributed by atoms with Crippen LogP contribution in [-0.4, -0.2) is 18.0 Å². The van der Waals surface area contributed by atoms with Gasteiger partial charge in [0.2, 0.25) is 0 Å². The van der Waals surface area contributed by atoms with E-state index in [0.717, 1.165) is 0 Å². The number of nitrogens with zero attached hydrogens (tertiary/aromatic N) is 3. The molecule has 5 nitrogen and oxygen atoms in total. The van der Waals surface area contributed by atoms with Gasteiger partial charge in [-0.05, 0) is 36.6 Å². The molecule has 0 aliphatic heterocycles. The van der Waals surface area contributed by atoms with E-state index in [9.17, 15) is 31.1 Å². The first-order chi connectivity index (χ1) is 11.5. The standard InChI is InChI=1S/C14H12F6N4O/c15-13(16,17)8-4-7(5-9(6-8)14(18,19)20)12(25)22-10-2-1-3-11(10)23-24-21/h4-6,10-11H,1-3H2,(H,22,25). The number of nitrogens with one attached hydrogen (secondary N) is 1. The molecule has 136 valence electrons. The van der Waals surface area contributed by atoms with Crippen molar-refractivity contribution in [1.82, 2.24) is 5.32 Å². The first-order valence-electron chi connectivity index (χ1n) is 7.17. The molecule has 1 aliphatic carbocycles. The summed E-state index contributed by atoms with van der Waals surface area (Å²) in [6.45, 7) is 0. The van der Waals surface area contributed by atoms with Gasteiger partial charge in [-0.25, -0.2) is 0 Å². The Balaban J connectivity index is 2.34. The van der Waals surface area contributed by atoms with Crippen LogP contribution in [-0.2, 0) is 12.4 Å². The molecule has 0 bridgehead atoms. The van der Waals surface area contributed by atoms with Crippen LogP contribution in [0.2, 0.25) is 0 Å². The fourth-order valence-corrected chi connectivity index (χ4v) is 2.65. The van der Waals surface area contributed by atoms with Crippen LogP contribution in [0.25, 0.3) is 10.4 Å². The smallest absolute Gasteiger partial charge is 0.349 e. The number of amides is 1. The van der Waals surface area contributed by atoms with Crippen LogP contribution < -0.4 is 5.32 Å². The fraction of sp³-hybridized carbons (Fsp3) is 0.500. The van der Waals surface area contributed by atoms with Gasteiger partial charge in [0.05, 0.1) is 17.2 Å². The summed E-state index contributed by atoms with van der Waals surface area (Å²) < 4.78 is 76.9. The normalized spacial score (nSPS) is 20.9. The summed E-state index contributed by atoms with van der Waals surface area (Å²) in [5.74, 6) is -1.08. The molecule has 2 rings (SSSR count). The van der Waals surface area contributed by atoms with Gasteiger partial charge in [0.25, 0.3) is 5.91 Å². The highest BCUT2D eigenvalue weighted by atomic mass is 19.4. The van der Waals surface area contributed by atoms with Crippen molar-refractivity contribution in [3.63, 3.8) is 0 Å². The van der Waals surface area contributed by atoms with Crippen LogP contribution in [0.15, 0.2) is 23.3 Å². The maximum absolute atomic E-state index is 12.8.